The van der Waals surface area contributed by atoms with Crippen LogP contribution in [0, 0.1) is 4.77 Å². The summed E-state index contributed by atoms with van der Waals surface area (Å²) in [5, 5.41) is 11.9. The van der Waals surface area contributed by atoms with E-state index >= 15 is 0 Å². The third-order valence-electron chi connectivity index (χ3n) is 4.22. The molecule has 0 spiro atoms. The quantitative estimate of drug-likeness (QED) is 0.640. The molecule has 0 bridgehead atoms. The third-order valence-corrected chi connectivity index (χ3v) is 4.48. The van der Waals surface area contributed by atoms with Crippen LogP contribution >= 0.6 is 12.2 Å². The van der Waals surface area contributed by atoms with Crippen LogP contribution in [0.25, 0.3) is 6.08 Å². The van der Waals surface area contributed by atoms with Gasteiger partial charge in [-0.3, -0.25) is 5.10 Å². The first-order valence-corrected chi connectivity index (χ1v) is 8.60. The molecule has 1 N–H and O–H groups in total. The second-order valence-corrected chi connectivity index (χ2v) is 6.46. The highest BCUT2D eigenvalue weighted by atomic mass is 32.1. The minimum absolute atomic E-state index is 0.465. The Balaban J connectivity index is 1.81. The average molecular weight is 326 g/mol. The summed E-state index contributed by atoms with van der Waals surface area (Å²) in [6, 6.07) is 10.2. The van der Waals surface area contributed by atoms with Crippen LogP contribution in [-0.2, 0) is 0 Å². The number of allylic oxidation sites excluding steroid dienone is 1. The van der Waals surface area contributed by atoms with Gasteiger partial charge in [-0.2, -0.15) is 14.9 Å². The van der Waals surface area contributed by atoms with Gasteiger partial charge in [0, 0.05) is 5.92 Å². The van der Waals surface area contributed by atoms with Crippen LogP contribution in [-0.4, -0.2) is 21.1 Å². The van der Waals surface area contributed by atoms with E-state index in [1.54, 1.807) is 4.68 Å². The van der Waals surface area contributed by atoms with Crippen LogP contribution < -0.4 is 0 Å². The normalized spacial score (nSPS) is 17.0. The van der Waals surface area contributed by atoms with Gasteiger partial charge < -0.3 is 0 Å². The smallest absolute Gasteiger partial charge is 0.216 e. The van der Waals surface area contributed by atoms with Gasteiger partial charge in [0.05, 0.1) is 6.21 Å². The fraction of sp³-hybridized carbons (Fsp3) is 0.389. The van der Waals surface area contributed by atoms with Crippen LogP contribution in [0.5, 0.6) is 0 Å². The minimum atomic E-state index is 0.465. The standard InChI is InChI=1S/C18H22N4S/c1-14(12-15-8-4-2-5-9-15)13-19-22-17(20-21-18(22)23)16-10-6-3-7-11-16/h2,4-5,8-9,12-13,16H,3,6-7,10-11H2,1H3,(H,21,23)/b14-12-,19-13-. The number of nitrogens with zero attached hydrogens (tertiary/aromatic N) is 3. The van der Waals surface area contributed by atoms with Gasteiger partial charge in [-0.15, -0.1) is 0 Å². The molecule has 1 heterocycles. The molecule has 0 amide bonds. The summed E-state index contributed by atoms with van der Waals surface area (Å²) in [6.45, 7) is 2.04. The Labute approximate surface area is 141 Å². The number of nitrogens with one attached hydrogen (secondary N) is 1. The topological polar surface area (TPSA) is 46.0 Å². The molecule has 23 heavy (non-hydrogen) atoms. The van der Waals surface area contributed by atoms with Crippen molar-refractivity contribution in [3.63, 3.8) is 0 Å². The van der Waals surface area contributed by atoms with Gasteiger partial charge in [0.2, 0.25) is 4.77 Å². The first kappa shape index (κ1) is 15.9. The van der Waals surface area contributed by atoms with E-state index in [0.717, 1.165) is 11.4 Å². The highest BCUT2D eigenvalue weighted by Crippen LogP contribution is 2.31. The molecular formula is C18H22N4S. The van der Waals surface area contributed by atoms with Crippen molar-refractivity contribution in [1.82, 2.24) is 14.9 Å². The van der Waals surface area contributed by atoms with E-state index in [2.05, 4.69) is 33.5 Å². The van der Waals surface area contributed by atoms with Crippen molar-refractivity contribution in [1.29, 1.82) is 0 Å². The Morgan fingerprint density at radius 1 is 1.26 bits per heavy atom. The Kier molecular flexibility index (Phi) is 5.18. The SMILES string of the molecule is CC(/C=N\n1c(C2CCCCC2)n[nH]c1=S)=C/c1ccccc1. The van der Waals surface area contributed by atoms with Crippen LogP contribution in [0.15, 0.2) is 41.0 Å². The molecule has 4 nitrogen and oxygen atoms in total. The first-order valence-electron chi connectivity index (χ1n) is 8.19. The predicted molar refractivity (Wildman–Crippen MR) is 97.2 cm³/mol. The van der Waals surface area contributed by atoms with Crippen LogP contribution in [0.4, 0.5) is 0 Å². The second-order valence-electron chi connectivity index (χ2n) is 6.08. The molecule has 1 aliphatic carbocycles. The molecule has 1 aromatic heterocycles. The van der Waals surface area contributed by atoms with Gasteiger partial charge in [-0.1, -0.05) is 55.7 Å². The lowest BCUT2D eigenvalue weighted by Gasteiger charge is -2.19. The number of aromatic amines is 1. The maximum absolute atomic E-state index is 5.34. The number of H-pyrrole nitrogens is 1. The lowest BCUT2D eigenvalue weighted by atomic mass is 9.89. The molecular weight excluding hydrogens is 304 g/mol. The summed E-state index contributed by atoms with van der Waals surface area (Å²) in [4.78, 5) is 0. The molecule has 0 atom stereocenters. The molecule has 1 aliphatic rings. The number of aromatic nitrogens is 3. The molecule has 0 saturated heterocycles. The van der Waals surface area contributed by atoms with Crippen molar-refractivity contribution in [2.75, 3.05) is 0 Å². The highest BCUT2D eigenvalue weighted by molar-refractivity contribution is 7.71. The van der Waals surface area contributed by atoms with E-state index in [0.29, 0.717) is 10.7 Å². The van der Waals surface area contributed by atoms with E-state index in [1.807, 2.05) is 31.3 Å². The zero-order chi connectivity index (χ0) is 16.1. The summed E-state index contributed by atoms with van der Waals surface area (Å²) in [5.41, 5.74) is 2.24. The van der Waals surface area contributed by atoms with Crippen molar-refractivity contribution in [2.45, 2.75) is 44.9 Å². The summed E-state index contributed by atoms with van der Waals surface area (Å²) in [5.74, 6) is 1.44. The lowest BCUT2D eigenvalue weighted by Crippen LogP contribution is -2.10. The van der Waals surface area contributed by atoms with Crippen LogP contribution in [0.3, 0.4) is 0 Å². The van der Waals surface area contributed by atoms with Crippen molar-refractivity contribution < 1.29 is 0 Å². The Bertz CT molecular complexity index is 749. The number of hydrogen-bond acceptors (Lipinski definition) is 3. The van der Waals surface area contributed by atoms with Crippen molar-refractivity contribution in [3.8, 4) is 0 Å². The fourth-order valence-corrected chi connectivity index (χ4v) is 3.23. The van der Waals surface area contributed by atoms with Crippen LogP contribution in [0.2, 0.25) is 0 Å². The van der Waals surface area contributed by atoms with Crippen molar-refractivity contribution >= 4 is 24.5 Å². The molecule has 1 fully saturated rings. The minimum Gasteiger partial charge on any atom is -0.250 e. The van der Waals surface area contributed by atoms with Gasteiger partial charge in [0.1, 0.15) is 0 Å². The lowest BCUT2D eigenvalue weighted by molar-refractivity contribution is 0.419. The zero-order valence-corrected chi connectivity index (χ0v) is 14.2. The van der Waals surface area contributed by atoms with Gasteiger partial charge in [-0.05, 0) is 43.1 Å². The molecule has 0 radical (unpaired) electrons. The molecule has 2 aromatic rings. The van der Waals surface area contributed by atoms with Gasteiger partial charge in [0.25, 0.3) is 0 Å². The molecule has 0 aliphatic heterocycles. The van der Waals surface area contributed by atoms with Gasteiger partial charge in [-0.25, -0.2) is 0 Å². The molecule has 1 saturated carbocycles. The Morgan fingerprint density at radius 2 is 2.00 bits per heavy atom. The highest BCUT2D eigenvalue weighted by Gasteiger charge is 2.21. The van der Waals surface area contributed by atoms with Gasteiger partial charge >= 0.3 is 0 Å². The molecule has 0 unspecified atom stereocenters. The number of rotatable bonds is 4. The zero-order valence-electron chi connectivity index (χ0n) is 13.4. The molecule has 1 aromatic carbocycles. The average Bonchev–Trinajstić information content (AvgIpc) is 2.95. The van der Waals surface area contributed by atoms with E-state index in [4.69, 9.17) is 12.2 Å². The third kappa shape index (κ3) is 4.05. The molecule has 3 rings (SSSR count). The largest absolute Gasteiger partial charge is 0.250 e. The summed E-state index contributed by atoms with van der Waals surface area (Å²) in [7, 11) is 0. The predicted octanol–water partition coefficient (Wildman–Crippen LogP) is 4.93. The van der Waals surface area contributed by atoms with E-state index in [9.17, 15) is 0 Å². The maximum atomic E-state index is 5.34. The monoisotopic (exact) mass is 326 g/mol. The van der Waals surface area contributed by atoms with Crippen LogP contribution in [0.1, 0.15) is 56.3 Å². The van der Waals surface area contributed by atoms with Gasteiger partial charge in [0.15, 0.2) is 5.82 Å². The fourth-order valence-electron chi connectivity index (χ4n) is 3.04. The first-order chi connectivity index (χ1) is 11.2. The maximum Gasteiger partial charge on any atom is 0.216 e. The van der Waals surface area contributed by atoms with E-state index in [-0.39, 0.29) is 0 Å². The summed E-state index contributed by atoms with van der Waals surface area (Å²) >= 11 is 5.34. The van der Waals surface area contributed by atoms with E-state index in [1.165, 1.54) is 37.7 Å². The molecule has 5 heteroatoms. The van der Waals surface area contributed by atoms with Crippen molar-refractivity contribution in [3.05, 3.63) is 52.1 Å². The molecule has 120 valence electrons. The Hall–Kier alpha value is -2.01. The second kappa shape index (κ2) is 7.51. The summed E-state index contributed by atoms with van der Waals surface area (Å²) in [6.07, 6.45) is 10.2. The number of hydrogen-bond donors (Lipinski definition) is 1. The Morgan fingerprint density at radius 3 is 2.74 bits per heavy atom. The summed E-state index contributed by atoms with van der Waals surface area (Å²) < 4.78 is 2.35. The number of benzene rings is 1. The van der Waals surface area contributed by atoms with E-state index < -0.39 is 0 Å². The van der Waals surface area contributed by atoms with Crippen molar-refractivity contribution in [2.24, 2.45) is 5.10 Å².